The molecule has 1 aliphatic heterocycles. The van der Waals surface area contributed by atoms with E-state index < -0.39 is 10.0 Å². The molecule has 21 heavy (non-hydrogen) atoms. The molecular formula is C14H21N3O3S. The van der Waals surface area contributed by atoms with Gasteiger partial charge in [-0.1, -0.05) is 12.5 Å². The number of carbonyl (C=O) groups is 1. The van der Waals surface area contributed by atoms with Gasteiger partial charge in [0.25, 0.3) is 0 Å². The molecule has 1 aromatic carbocycles. The van der Waals surface area contributed by atoms with Gasteiger partial charge in [-0.25, -0.2) is 13.6 Å². The van der Waals surface area contributed by atoms with Gasteiger partial charge in [0.05, 0.1) is 10.9 Å². The van der Waals surface area contributed by atoms with E-state index in [1.54, 1.807) is 12.1 Å². The van der Waals surface area contributed by atoms with Crippen molar-refractivity contribution in [2.45, 2.75) is 37.1 Å². The van der Waals surface area contributed by atoms with E-state index >= 15 is 0 Å². The molecule has 1 aliphatic rings. The number of nitrogens with one attached hydrogen (secondary N) is 1. The first-order valence-corrected chi connectivity index (χ1v) is 8.60. The van der Waals surface area contributed by atoms with Crippen molar-refractivity contribution in [3.8, 4) is 0 Å². The van der Waals surface area contributed by atoms with Gasteiger partial charge in [-0.15, -0.1) is 0 Å². The van der Waals surface area contributed by atoms with Gasteiger partial charge < -0.3 is 5.32 Å². The zero-order valence-corrected chi connectivity index (χ0v) is 12.9. The number of primary sulfonamides is 1. The third-order valence-electron chi connectivity index (χ3n) is 3.75. The van der Waals surface area contributed by atoms with Gasteiger partial charge in [0, 0.05) is 5.69 Å². The molecule has 1 heterocycles. The predicted molar refractivity (Wildman–Crippen MR) is 81.3 cm³/mol. The van der Waals surface area contributed by atoms with Crippen molar-refractivity contribution in [3.63, 3.8) is 0 Å². The van der Waals surface area contributed by atoms with E-state index in [1.165, 1.54) is 18.6 Å². The Bertz CT molecular complexity index is 610. The van der Waals surface area contributed by atoms with Crippen molar-refractivity contribution >= 4 is 21.6 Å². The Balaban J connectivity index is 2.05. The maximum absolute atomic E-state index is 12.2. The second kappa shape index (κ2) is 6.55. The number of sulfonamides is 1. The van der Waals surface area contributed by atoms with Gasteiger partial charge in [0.2, 0.25) is 15.9 Å². The molecule has 1 fully saturated rings. The van der Waals surface area contributed by atoms with Gasteiger partial charge in [-0.2, -0.15) is 0 Å². The van der Waals surface area contributed by atoms with Crippen LogP contribution in [0.1, 0.15) is 26.2 Å². The standard InChI is InChI=1S/C14H21N3O3S/c1-11(17-8-3-2-4-9-17)14(18)16-12-6-5-7-13(10-12)21(15,19)20/h5-7,10-11H,2-4,8-9H2,1H3,(H,16,18)(H2,15,19,20)/t11-/m1/s1. The summed E-state index contributed by atoms with van der Waals surface area (Å²) < 4.78 is 22.6. The lowest BCUT2D eigenvalue weighted by atomic mass is 10.1. The molecule has 1 aromatic rings. The summed E-state index contributed by atoms with van der Waals surface area (Å²) in [6, 6.07) is 5.74. The van der Waals surface area contributed by atoms with Gasteiger partial charge in [0.15, 0.2) is 0 Å². The molecule has 1 amide bonds. The fourth-order valence-electron chi connectivity index (χ4n) is 2.47. The van der Waals surface area contributed by atoms with Crippen LogP contribution in [0.25, 0.3) is 0 Å². The molecule has 0 unspecified atom stereocenters. The molecule has 0 saturated carbocycles. The highest BCUT2D eigenvalue weighted by atomic mass is 32.2. The molecule has 0 spiro atoms. The molecule has 3 N–H and O–H groups in total. The predicted octanol–water partition coefficient (Wildman–Crippen LogP) is 1.15. The van der Waals surface area contributed by atoms with Crippen LogP contribution in [0.3, 0.4) is 0 Å². The number of likely N-dealkylation sites (tertiary alicyclic amines) is 1. The number of carbonyl (C=O) groups excluding carboxylic acids is 1. The highest BCUT2D eigenvalue weighted by Crippen LogP contribution is 2.16. The summed E-state index contributed by atoms with van der Waals surface area (Å²) in [5, 5.41) is 7.84. The summed E-state index contributed by atoms with van der Waals surface area (Å²) in [6.07, 6.45) is 3.43. The summed E-state index contributed by atoms with van der Waals surface area (Å²) in [5.41, 5.74) is 0.440. The van der Waals surface area contributed by atoms with Gasteiger partial charge in [0.1, 0.15) is 0 Å². The van der Waals surface area contributed by atoms with Crippen LogP contribution in [-0.2, 0) is 14.8 Å². The molecule has 6 nitrogen and oxygen atoms in total. The molecule has 116 valence electrons. The van der Waals surface area contributed by atoms with E-state index in [9.17, 15) is 13.2 Å². The Labute approximate surface area is 125 Å². The van der Waals surface area contributed by atoms with Crippen LogP contribution in [-0.4, -0.2) is 38.4 Å². The lowest BCUT2D eigenvalue weighted by molar-refractivity contribution is -0.121. The lowest BCUT2D eigenvalue weighted by Crippen LogP contribution is -2.44. The maximum Gasteiger partial charge on any atom is 0.241 e. The number of amides is 1. The fraction of sp³-hybridized carbons (Fsp3) is 0.500. The second-order valence-electron chi connectivity index (χ2n) is 5.33. The Morgan fingerprint density at radius 2 is 1.95 bits per heavy atom. The molecule has 0 bridgehead atoms. The monoisotopic (exact) mass is 311 g/mol. The average molecular weight is 311 g/mol. The van der Waals surface area contributed by atoms with E-state index in [1.807, 2.05) is 6.92 Å². The summed E-state index contributed by atoms with van der Waals surface area (Å²) in [4.78, 5) is 14.4. The maximum atomic E-state index is 12.2. The number of rotatable bonds is 4. The number of anilines is 1. The van der Waals surface area contributed by atoms with Crippen LogP contribution in [0.4, 0.5) is 5.69 Å². The molecule has 0 radical (unpaired) electrons. The highest BCUT2D eigenvalue weighted by molar-refractivity contribution is 7.89. The molecular weight excluding hydrogens is 290 g/mol. The molecule has 0 aliphatic carbocycles. The summed E-state index contributed by atoms with van der Waals surface area (Å²) in [5.74, 6) is -0.136. The normalized spacial score (nSPS) is 18.2. The number of hydrogen-bond donors (Lipinski definition) is 2. The largest absolute Gasteiger partial charge is 0.325 e. The Hall–Kier alpha value is -1.44. The Kier molecular flexibility index (Phi) is 4.97. The zero-order chi connectivity index (χ0) is 15.5. The van der Waals surface area contributed by atoms with Crippen LogP contribution in [0.2, 0.25) is 0 Å². The minimum Gasteiger partial charge on any atom is -0.325 e. The Morgan fingerprint density at radius 1 is 1.29 bits per heavy atom. The van der Waals surface area contributed by atoms with E-state index in [2.05, 4.69) is 10.2 Å². The van der Waals surface area contributed by atoms with Crippen LogP contribution in [0.15, 0.2) is 29.2 Å². The quantitative estimate of drug-likeness (QED) is 0.872. The van der Waals surface area contributed by atoms with Crippen LogP contribution in [0, 0.1) is 0 Å². The summed E-state index contributed by atoms with van der Waals surface area (Å²) >= 11 is 0. The fourth-order valence-corrected chi connectivity index (χ4v) is 3.03. The average Bonchev–Trinajstić information content (AvgIpc) is 2.47. The van der Waals surface area contributed by atoms with Crippen LogP contribution < -0.4 is 10.5 Å². The topological polar surface area (TPSA) is 92.5 Å². The third kappa shape index (κ3) is 4.26. The first-order chi connectivity index (χ1) is 9.88. The van der Waals surface area contributed by atoms with Crippen LogP contribution >= 0.6 is 0 Å². The highest BCUT2D eigenvalue weighted by Gasteiger charge is 2.23. The van der Waals surface area contributed by atoms with Crippen molar-refractivity contribution in [2.24, 2.45) is 5.14 Å². The SMILES string of the molecule is C[C@H](C(=O)Nc1cccc(S(N)(=O)=O)c1)N1CCCCC1. The molecule has 1 saturated heterocycles. The number of nitrogens with two attached hydrogens (primary N) is 1. The number of hydrogen-bond acceptors (Lipinski definition) is 4. The zero-order valence-electron chi connectivity index (χ0n) is 12.1. The summed E-state index contributed by atoms with van der Waals surface area (Å²) in [7, 11) is -3.76. The molecule has 7 heteroatoms. The van der Waals surface area contributed by atoms with Crippen molar-refractivity contribution in [1.29, 1.82) is 0 Å². The van der Waals surface area contributed by atoms with E-state index in [-0.39, 0.29) is 16.8 Å². The molecule has 1 atom stereocenters. The number of nitrogens with zero attached hydrogens (tertiary/aromatic N) is 1. The van der Waals surface area contributed by atoms with Crippen molar-refractivity contribution < 1.29 is 13.2 Å². The molecule has 2 rings (SSSR count). The van der Waals surface area contributed by atoms with Gasteiger partial charge in [-0.05, 0) is 51.1 Å². The number of benzene rings is 1. The van der Waals surface area contributed by atoms with E-state index in [0.29, 0.717) is 5.69 Å². The molecule has 0 aromatic heterocycles. The van der Waals surface area contributed by atoms with Crippen molar-refractivity contribution in [3.05, 3.63) is 24.3 Å². The minimum atomic E-state index is -3.76. The lowest BCUT2D eigenvalue weighted by Gasteiger charge is -2.31. The van der Waals surface area contributed by atoms with Gasteiger partial charge in [-0.3, -0.25) is 9.69 Å². The minimum absolute atomic E-state index is 0.00840. The van der Waals surface area contributed by atoms with Crippen molar-refractivity contribution in [2.75, 3.05) is 18.4 Å². The third-order valence-corrected chi connectivity index (χ3v) is 4.66. The van der Waals surface area contributed by atoms with Crippen LogP contribution in [0.5, 0.6) is 0 Å². The van der Waals surface area contributed by atoms with E-state index in [0.717, 1.165) is 25.9 Å². The van der Waals surface area contributed by atoms with Gasteiger partial charge >= 0.3 is 0 Å². The van der Waals surface area contributed by atoms with Crippen molar-refractivity contribution in [1.82, 2.24) is 4.90 Å². The second-order valence-corrected chi connectivity index (χ2v) is 6.90. The Morgan fingerprint density at radius 3 is 2.57 bits per heavy atom. The smallest absolute Gasteiger partial charge is 0.241 e. The van der Waals surface area contributed by atoms with E-state index in [4.69, 9.17) is 5.14 Å². The first-order valence-electron chi connectivity index (χ1n) is 7.06. The summed E-state index contributed by atoms with van der Waals surface area (Å²) in [6.45, 7) is 3.71. The number of piperidine rings is 1. The first kappa shape index (κ1) is 15.9.